The molecule has 0 spiro atoms. The van der Waals surface area contributed by atoms with E-state index in [1.54, 1.807) is 23.3 Å². The van der Waals surface area contributed by atoms with Gasteiger partial charge in [-0.15, -0.1) is 0 Å². The summed E-state index contributed by atoms with van der Waals surface area (Å²) in [7, 11) is -3.52. The van der Waals surface area contributed by atoms with Gasteiger partial charge in [0, 0.05) is 31.8 Å². The van der Waals surface area contributed by atoms with E-state index in [2.05, 4.69) is 20.1 Å². The van der Waals surface area contributed by atoms with Crippen molar-refractivity contribution in [1.82, 2.24) is 24.7 Å². The molecule has 0 bridgehead atoms. The molecule has 0 unspecified atom stereocenters. The Morgan fingerprint density at radius 2 is 1.97 bits per heavy atom. The van der Waals surface area contributed by atoms with Gasteiger partial charge < -0.3 is 10.5 Å². The minimum absolute atomic E-state index is 0.0807. The highest BCUT2D eigenvalue weighted by Gasteiger charge is 2.39. The summed E-state index contributed by atoms with van der Waals surface area (Å²) >= 11 is 0. The average molecular weight is 471 g/mol. The van der Waals surface area contributed by atoms with Crippen molar-refractivity contribution in [3.05, 3.63) is 36.5 Å². The number of fused-ring (bicyclic) bond motifs is 1. The highest BCUT2D eigenvalue weighted by molar-refractivity contribution is 7.92. The molecule has 3 aromatic heterocycles. The monoisotopic (exact) mass is 470 g/mol. The molecule has 3 aromatic rings. The van der Waals surface area contributed by atoms with Crippen LogP contribution in [0.5, 0.6) is 0 Å². The number of hydrogen-bond donors (Lipinski definition) is 1. The van der Waals surface area contributed by atoms with E-state index in [9.17, 15) is 13.2 Å². The lowest BCUT2D eigenvalue weighted by Crippen LogP contribution is -2.28. The molecule has 1 saturated heterocycles. The molecule has 33 heavy (non-hydrogen) atoms. The number of Topliss-reactive ketones (excluding diaryl/α,β-unsaturated/α-hetero) is 1. The zero-order valence-corrected chi connectivity index (χ0v) is 18.9. The van der Waals surface area contributed by atoms with Crippen LogP contribution in [0.25, 0.3) is 11.0 Å². The van der Waals surface area contributed by atoms with E-state index in [-0.39, 0.29) is 34.1 Å². The van der Waals surface area contributed by atoms with E-state index in [4.69, 9.17) is 10.5 Å². The first-order valence-corrected chi connectivity index (χ1v) is 12.7. The number of ether oxygens (including phenoxy) is 1. The quantitative estimate of drug-likeness (QED) is 0.522. The van der Waals surface area contributed by atoms with Crippen LogP contribution in [0.2, 0.25) is 0 Å². The van der Waals surface area contributed by atoms with Gasteiger partial charge in [-0.2, -0.15) is 5.10 Å². The number of ketones is 1. The largest absolute Gasteiger partial charge is 0.384 e. The summed E-state index contributed by atoms with van der Waals surface area (Å²) in [6.07, 6.45) is 9.81. The number of sulfone groups is 1. The van der Waals surface area contributed by atoms with Crippen molar-refractivity contribution in [3.63, 3.8) is 0 Å². The number of rotatable bonds is 8. The molecule has 1 aliphatic heterocycles. The second-order valence-corrected chi connectivity index (χ2v) is 11.0. The summed E-state index contributed by atoms with van der Waals surface area (Å²) < 4.78 is 33.1. The minimum atomic E-state index is -3.52. The molecule has 0 aromatic carbocycles. The number of anilines is 1. The molecule has 2 aliphatic rings. The summed E-state index contributed by atoms with van der Waals surface area (Å²) in [5.41, 5.74) is 6.91. The fourth-order valence-corrected chi connectivity index (χ4v) is 6.26. The fourth-order valence-electron chi connectivity index (χ4n) is 4.41. The molecule has 1 aliphatic carbocycles. The van der Waals surface area contributed by atoms with Gasteiger partial charge >= 0.3 is 0 Å². The molecule has 1 atom stereocenters. The lowest BCUT2D eigenvalue weighted by atomic mass is 9.90. The molecule has 0 amide bonds. The molecule has 174 valence electrons. The van der Waals surface area contributed by atoms with E-state index in [0.29, 0.717) is 49.2 Å². The topological polar surface area (TPSA) is 143 Å². The first-order chi connectivity index (χ1) is 15.9. The number of aromatic nitrogens is 5. The molecule has 2 fully saturated rings. The van der Waals surface area contributed by atoms with Crippen molar-refractivity contribution in [3.8, 4) is 0 Å². The van der Waals surface area contributed by atoms with Crippen molar-refractivity contribution in [2.75, 3.05) is 18.9 Å². The molecule has 2 N–H and O–H groups in total. The van der Waals surface area contributed by atoms with Crippen LogP contribution in [0.3, 0.4) is 0 Å². The number of carbonyl (C=O) groups is 1. The average Bonchev–Trinajstić information content (AvgIpc) is 3.60. The van der Waals surface area contributed by atoms with E-state index in [1.165, 1.54) is 12.3 Å². The van der Waals surface area contributed by atoms with E-state index in [1.807, 2.05) is 0 Å². The van der Waals surface area contributed by atoms with Gasteiger partial charge in [0.2, 0.25) is 0 Å². The molecule has 1 saturated carbocycles. The SMILES string of the molecule is Nc1cc(S(=O)(=O)C2CC2)c2cnn([C@@H](CC3CCOCC3)C(=O)Cc3cnccn3)c2n1. The van der Waals surface area contributed by atoms with Crippen molar-refractivity contribution in [2.45, 2.75) is 54.7 Å². The molecule has 10 nitrogen and oxygen atoms in total. The predicted molar refractivity (Wildman–Crippen MR) is 120 cm³/mol. The number of nitrogens with zero attached hydrogens (tertiary/aromatic N) is 5. The summed E-state index contributed by atoms with van der Waals surface area (Å²) in [4.78, 5) is 26.3. The van der Waals surface area contributed by atoms with Gasteiger partial charge in [-0.25, -0.2) is 18.1 Å². The smallest absolute Gasteiger partial charge is 0.182 e. The Bertz CT molecular complexity index is 1270. The summed E-state index contributed by atoms with van der Waals surface area (Å²) in [5, 5.41) is 4.48. The number of nitrogens with two attached hydrogens (primary N) is 1. The lowest BCUT2D eigenvalue weighted by molar-refractivity contribution is -0.122. The number of hydrogen-bond acceptors (Lipinski definition) is 9. The zero-order chi connectivity index (χ0) is 23.0. The van der Waals surface area contributed by atoms with Crippen LogP contribution in [0.4, 0.5) is 5.82 Å². The van der Waals surface area contributed by atoms with Crippen LogP contribution in [0.1, 0.15) is 43.8 Å². The van der Waals surface area contributed by atoms with Gasteiger partial charge in [0.1, 0.15) is 11.9 Å². The molecule has 5 rings (SSSR count). The zero-order valence-electron chi connectivity index (χ0n) is 18.1. The third-order valence-corrected chi connectivity index (χ3v) is 8.65. The van der Waals surface area contributed by atoms with Crippen molar-refractivity contribution in [2.24, 2.45) is 5.92 Å². The lowest BCUT2D eigenvalue weighted by Gasteiger charge is -2.26. The maximum absolute atomic E-state index is 13.5. The van der Waals surface area contributed by atoms with Crippen LogP contribution in [-0.4, -0.2) is 57.4 Å². The maximum atomic E-state index is 13.5. The van der Waals surface area contributed by atoms with Crippen LogP contribution in [0, 0.1) is 5.92 Å². The van der Waals surface area contributed by atoms with Gasteiger partial charge in [0.05, 0.1) is 33.8 Å². The third-order valence-electron chi connectivity index (χ3n) is 6.35. The Labute approximate surface area is 191 Å². The Morgan fingerprint density at radius 1 is 1.18 bits per heavy atom. The standard InChI is InChI=1S/C22H26N6O4S/c23-21-11-20(33(30,31)16-1-2-16)17-13-26-28(22(17)27-21)18(9-14-3-7-32-8-4-14)19(29)10-15-12-24-5-6-25-15/h5-6,11-14,16,18H,1-4,7-10H2,(H2,23,27)/t18-/m0/s1. The molecular formula is C22H26N6O4S. The number of pyridine rings is 1. The van der Waals surface area contributed by atoms with Crippen LogP contribution in [-0.2, 0) is 25.8 Å². The Kier molecular flexibility index (Phi) is 5.83. The molecule has 11 heteroatoms. The van der Waals surface area contributed by atoms with Gasteiger partial charge in [0.15, 0.2) is 21.3 Å². The summed E-state index contributed by atoms with van der Waals surface area (Å²) in [6.45, 7) is 1.31. The Balaban J connectivity index is 1.55. The Hall–Kier alpha value is -2.92. The molecule has 0 radical (unpaired) electrons. The maximum Gasteiger partial charge on any atom is 0.182 e. The second kappa shape index (κ2) is 8.79. The van der Waals surface area contributed by atoms with Gasteiger partial charge in [0.25, 0.3) is 0 Å². The van der Waals surface area contributed by atoms with Crippen LogP contribution >= 0.6 is 0 Å². The molecule has 4 heterocycles. The van der Waals surface area contributed by atoms with E-state index < -0.39 is 15.9 Å². The van der Waals surface area contributed by atoms with E-state index >= 15 is 0 Å². The van der Waals surface area contributed by atoms with Gasteiger partial charge in [-0.1, -0.05) is 0 Å². The second-order valence-electron chi connectivity index (χ2n) is 8.76. The van der Waals surface area contributed by atoms with Crippen molar-refractivity contribution >= 4 is 32.5 Å². The van der Waals surface area contributed by atoms with E-state index in [0.717, 1.165) is 12.8 Å². The predicted octanol–water partition coefficient (Wildman–Crippen LogP) is 1.91. The van der Waals surface area contributed by atoms with Gasteiger partial charge in [-0.3, -0.25) is 14.8 Å². The minimum Gasteiger partial charge on any atom is -0.384 e. The van der Waals surface area contributed by atoms with Crippen LogP contribution < -0.4 is 5.73 Å². The van der Waals surface area contributed by atoms with Crippen molar-refractivity contribution in [1.29, 1.82) is 0 Å². The highest BCUT2D eigenvalue weighted by atomic mass is 32.2. The summed E-state index contributed by atoms with van der Waals surface area (Å²) in [5.74, 6) is 0.294. The fraction of sp³-hybridized carbons (Fsp3) is 0.500. The van der Waals surface area contributed by atoms with Crippen molar-refractivity contribution < 1.29 is 17.9 Å². The number of nitrogen functional groups attached to an aromatic ring is 1. The number of carbonyl (C=O) groups excluding carboxylic acids is 1. The highest BCUT2D eigenvalue weighted by Crippen LogP contribution is 2.38. The summed E-state index contributed by atoms with van der Waals surface area (Å²) in [6, 6.07) is 0.773. The third kappa shape index (κ3) is 4.47. The first-order valence-electron chi connectivity index (χ1n) is 11.2. The molecular weight excluding hydrogens is 444 g/mol. The first kappa shape index (κ1) is 21.9. The van der Waals surface area contributed by atoms with Crippen LogP contribution in [0.15, 0.2) is 35.7 Å². The van der Waals surface area contributed by atoms with Gasteiger partial charge in [-0.05, 0) is 44.1 Å². The normalized spacial score (nSPS) is 18.4. The Morgan fingerprint density at radius 3 is 2.67 bits per heavy atom.